The molecule has 2 rings (SSSR count). The summed E-state index contributed by atoms with van der Waals surface area (Å²) in [7, 11) is 1.38. The van der Waals surface area contributed by atoms with Crippen molar-refractivity contribution in [2.45, 2.75) is 13.1 Å². The van der Waals surface area contributed by atoms with Crippen molar-refractivity contribution in [3.05, 3.63) is 35.4 Å². The summed E-state index contributed by atoms with van der Waals surface area (Å²) in [5, 5.41) is 5.96. The molecule has 0 amide bonds. The lowest BCUT2D eigenvalue weighted by molar-refractivity contribution is -0.143. The molecule has 1 N–H and O–H groups in total. The second-order valence-corrected chi connectivity index (χ2v) is 4.12. The number of carbonyl (C=O) groups excluding carboxylic acids is 1. The lowest BCUT2D eigenvalue weighted by Gasteiger charge is -2.12. The van der Waals surface area contributed by atoms with Gasteiger partial charge in [-0.15, -0.1) is 0 Å². The zero-order chi connectivity index (χ0) is 15.8. The first-order valence-corrected chi connectivity index (χ1v) is 5.76. The third kappa shape index (κ3) is 2.71. The van der Waals surface area contributed by atoms with Gasteiger partial charge in [0.05, 0.1) is 11.8 Å². The van der Waals surface area contributed by atoms with Crippen LogP contribution in [0.25, 0.3) is 5.82 Å². The van der Waals surface area contributed by atoms with Gasteiger partial charge in [0.25, 0.3) is 0 Å². The molecule has 0 aliphatic rings. The summed E-state index contributed by atoms with van der Waals surface area (Å²) >= 11 is 0. The first-order chi connectivity index (χ1) is 9.75. The van der Waals surface area contributed by atoms with Crippen LogP contribution in [0.4, 0.5) is 23.4 Å². The second-order valence-electron chi connectivity index (χ2n) is 4.12. The predicted octanol–water partition coefficient (Wildman–Crippen LogP) is 2.67. The van der Waals surface area contributed by atoms with Crippen molar-refractivity contribution < 1.29 is 22.4 Å². The Morgan fingerprint density at radius 1 is 1.33 bits per heavy atom. The SMILES string of the molecule is CNc1nc(-n2ncc(C(C)=O)c2C(F)(F)F)ccc1F. The zero-order valence-corrected chi connectivity index (χ0v) is 11.0. The van der Waals surface area contributed by atoms with Crippen LogP contribution < -0.4 is 5.32 Å². The number of carbonyl (C=O) groups is 1. The van der Waals surface area contributed by atoms with E-state index in [9.17, 15) is 22.4 Å². The Hall–Kier alpha value is -2.45. The molecule has 5 nitrogen and oxygen atoms in total. The lowest BCUT2D eigenvalue weighted by Crippen LogP contribution is -2.17. The summed E-state index contributed by atoms with van der Waals surface area (Å²) in [5.74, 6) is -1.96. The normalized spacial score (nSPS) is 11.5. The van der Waals surface area contributed by atoms with E-state index in [1.54, 1.807) is 0 Å². The van der Waals surface area contributed by atoms with Gasteiger partial charge in [0, 0.05) is 7.05 Å². The molecule has 0 spiro atoms. The van der Waals surface area contributed by atoms with E-state index in [1.807, 2.05) is 0 Å². The van der Waals surface area contributed by atoms with Crippen LogP contribution in [0, 0.1) is 5.82 Å². The number of pyridine rings is 1. The Morgan fingerprint density at radius 3 is 2.52 bits per heavy atom. The number of hydrogen-bond acceptors (Lipinski definition) is 4. The average Bonchev–Trinajstić information content (AvgIpc) is 2.84. The minimum atomic E-state index is -4.80. The monoisotopic (exact) mass is 302 g/mol. The van der Waals surface area contributed by atoms with Gasteiger partial charge in [-0.2, -0.15) is 18.3 Å². The number of alkyl halides is 3. The van der Waals surface area contributed by atoms with E-state index in [-0.39, 0.29) is 11.6 Å². The lowest BCUT2D eigenvalue weighted by atomic mass is 10.2. The van der Waals surface area contributed by atoms with Crippen LogP contribution in [0.1, 0.15) is 23.0 Å². The largest absolute Gasteiger partial charge is 0.434 e. The third-order valence-corrected chi connectivity index (χ3v) is 2.70. The molecule has 0 saturated heterocycles. The van der Waals surface area contributed by atoms with Crippen LogP contribution in [0.5, 0.6) is 0 Å². The molecule has 9 heteroatoms. The maximum atomic E-state index is 13.3. The summed E-state index contributed by atoms with van der Waals surface area (Å²) in [6, 6.07) is 2.01. The van der Waals surface area contributed by atoms with Crippen molar-refractivity contribution in [3.8, 4) is 5.82 Å². The van der Waals surface area contributed by atoms with E-state index in [0.717, 1.165) is 25.3 Å². The van der Waals surface area contributed by atoms with Crippen LogP contribution in [0.15, 0.2) is 18.3 Å². The van der Waals surface area contributed by atoms with Crippen LogP contribution in [0.3, 0.4) is 0 Å². The third-order valence-electron chi connectivity index (χ3n) is 2.70. The first kappa shape index (κ1) is 14.9. The highest BCUT2D eigenvalue weighted by Gasteiger charge is 2.40. The molecule has 112 valence electrons. The van der Waals surface area contributed by atoms with Gasteiger partial charge in [-0.05, 0) is 19.1 Å². The van der Waals surface area contributed by atoms with E-state index in [0.29, 0.717) is 4.68 Å². The Kier molecular flexibility index (Phi) is 3.67. The van der Waals surface area contributed by atoms with Crippen molar-refractivity contribution in [2.75, 3.05) is 12.4 Å². The number of aromatic nitrogens is 3. The quantitative estimate of drug-likeness (QED) is 0.699. The zero-order valence-electron chi connectivity index (χ0n) is 11.0. The van der Waals surface area contributed by atoms with Gasteiger partial charge < -0.3 is 5.32 Å². The van der Waals surface area contributed by atoms with Crippen molar-refractivity contribution in [3.63, 3.8) is 0 Å². The molecule has 21 heavy (non-hydrogen) atoms. The van der Waals surface area contributed by atoms with Crippen LogP contribution in [0.2, 0.25) is 0 Å². The number of halogens is 4. The number of hydrogen-bond donors (Lipinski definition) is 1. The van der Waals surface area contributed by atoms with Crippen molar-refractivity contribution in [1.29, 1.82) is 0 Å². The molecule has 0 unspecified atom stereocenters. The first-order valence-electron chi connectivity index (χ1n) is 5.76. The summed E-state index contributed by atoms with van der Waals surface area (Å²) in [4.78, 5) is 15.0. The molecule has 0 aliphatic heterocycles. The fraction of sp³-hybridized carbons (Fsp3) is 0.250. The van der Waals surface area contributed by atoms with Gasteiger partial charge in [-0.1, -0.05) is 0 Å². The van der Waals surface area contributed by atoms with Crippen LogP contribution in [-0.4, -0.2) is 27.6 Å². The van der Waals surface area contributed by atoms with Crippen molar-refractivity contribution in [1.82, 2.24) is 14.8 Å². The molecule has 0 saturated carbocycles. The molecular weight excluding hydrogens is 292 g/mol. The number of Topliss-reactive ketones (excluding diaryl/α,β-unsaturated/α-hetero) is 1. The Balaban J connectivity index is 2.67. The number of nitrogens with one attached hydrogen (secondary N) is 1. The predicted molar refractivity (Wildman–Crippen MR) is 65.9 cm³/mol. The van der Waals surface area contributed by atoms with Gasteiger partial charge in [0.1, 0.15) is 0 Å². The summed E-state index contributed by atoms with van der Waals surface area (Å²) in [6.45, 7) is 1.01. The number of ketones is 1. The Bertz CT molecular complexity index is 693. The Morgan fingerprint density at radius 2 is 2.00 bits per heavy atom. The van der Waals surface area contributed by atoms with Gasteiger partial charge in [-0.3, -0.25) is 4.79 Å². The van der Waals surface area contributed by atoms with Gasteiger partial charge in [0.15, 0.2) is 28.9 Å². The van der Waals surface area contributed by atoms with Crippen molar-refractivity contribution in [2.24, 2.45) is 0 Å². The smallest absolute Gasteiger partial charge is 0.371 e. The van der Waals surface area contributed by atoms with E-state index in [4.69, 9.17) is 0 Å². The molecule has 0 bridgehead atoms. The van der Waals surface area contributed by atoms with E-state index >= 15 is 0 Å². The fourth-order valence-electron chi connectivity index (χ4n) is 1.78. The topological polar surface area (TPSA) is 59.8 Å². The van der Waals surface area contributed by atoms with E-state index in [2.05, 4.69) is 15.4 Å². The van der Waals surface area contributed by atoms with Gasteiger partial charge in [-0.25, -0.2) is 14.1 Å². The van der Waals surface area contributed by atoms with Crippen LogP contribution in [-0.2, 0) is 6.18 Å². The molecule has 0 radical (unpaired) electrons. The molecule has 0 aliphatic carbocycles. The summed E-state index contributed by atoms with van der Waals surface area (Å²) < 4.78 is 53.1. The Labute approximate surface area is 116 Å². The summed E-state index contributed by atoms with van der Waals surface area (Å²) in [6.07, 6.45) is -3.98. The highest BCUT2D eigenvalue weighted by molar-refractivity contribution is 5.95. The highest BCUT2D eigenvalue weighted by Crippen LogP contribution is 2.33. The molecule has 2 aromatic heterocycles. The van der Waals surface area contributed by atoms with E-state index in [1.165, 1.54) is 7.05 Å². The highest BCUT2D eigenvalue weighted by atomic mass is 19.4. The van der Waals surface area contributed by atoms with Crippen molar-refractivity contribution >= 4 is 11.6 Å². The van der Waals surface area contributed by atoms with Gasteiger partial charge in [0.2, 0.25) is 0 Å². The van der Waals surface area contributed by atoms with Gasteiger partial charge >= 0.3 is 6.18 Å². The maximum Gasteiger partial charge on any atom is 0.434 e. The number of rotatable bonds is 3. The molecule has 0 aromatic carbocycles. The maximum absolute atomic E-state index is 13.3. The minimum Gasteiger partial charge on any atom is -0.371 e. The molecule has 2 aromatic rings. The second kappa shape index (κ2) is 5.15. The molecule has 0 atom stereocenters. The summed E-state index contributed by atoms with van der Waals surface area (Å²) in [5.41, 5.74) is -1.81. The molecular formula is C12H10F4N4O. The standard InChI is InChI=1S/C12H10F4N4O/c1-6(21)7-5-18-20(10(7)12(14,15)16)9-4-3-8(13)11(17-2)19-9/h3-5H,1-2H3,(H,17,19). The molecule has 0 fully saturated rings. The fourth-order valence-corrected chi connectivity index (χ4v) is 1.78. The molecule has 2 heterocycles. The minimum absolute atomic E-state index is 0.222. The number of nitrogens with zero attached hydrogens (tertiary/aromatic N) is 3. The van der Waals surface area contributed by atoms with Crippen LogP contribution >= 0.6 is 0 Å². The average molecular weight is 302 g/mol. The van der Waals surface area contributed by atoms with E-state index < -0.39 is 29.0 Å². The number of anilines is 1.